The van der Waals surface area contributed by atoms with Crippen molar-refractivity contribution in [1.82, 2.24) is 10.2 Å². The fourth-order valence-corrected chi connectivity index (χ4v) is 2.36. The molecule has 7 nitrogen and oxygen atoms in total. The normalized spacial score (nSPS) is 19.2. The quantitative estimate of drug-likeness (QED) is 0.768. The van der Waals surface area contributed by atoms with Crippen LogP contribution < -0.4 is 19.5 Å². The zero-order valence-corrected chi connectivity index (χ0v) is 11.6. The third kappa shape index (κ3) is 3.56. The van der Waals surface area contributed by atoms with Crippen molar-refractivity contribution in [2.75, 3.05) is 39.6 Å². The molecule has 1 saturated heterocycles. The van der Waals surface area contributed by atoms with Crippen LogP contribution in [0.1, 0.15) is 0 Å². The van der Waals surface area contributed by atoms with Crippen molar-refractivity contribution < 1.29 is 24.1 Å². The summed E-state index contributed by atoms with van der Waals surface area (Å²) in [4.78, 5) is 13.2. The smallest absolute Gasteiger partial charge is 0.234 e. The average Bonchev–Trinajstić information content (AvgIpc) is 2.92. The van der Waals surface area contributed by atoms with Crippen molar-refractivity contribution in [3.63, 3.8) is 0 Å². The number of carbonyl (C=O) groups excluding carboxylic acids is 1. The van der Waals surface area contributed by atoms with Gasteiger partial charge in [0.05, 0.1) is 6.54 Å². The molecule has 21 heavy (non-hydrogen) atoms. The number of carbonyl (C=O) groups is 1. The number of piperazine rings is 1. The van der Waals surface area contributed by atoms with Crippen LogP contribution in [-0.4, -0.2) is 61.6 Å². The van der Waals surface area contributed by atoms with E-state index >= 15 is 0 Å². The molecule has 1 aromatic rings. The minimum atomic E-state index is -0.652. The standard InChI is InChI=1S/C14H18N2O5/c17-10(6-16-4-3-15-14(18)7-16)8-19-11-1-2-12-13(5-11)21-9-20-12/h1-2,5,10,17H,3-4,6-9H2,(H,15,18). The lowest BCUT2D eigenvalue weighted by Crippen LogP contribution is -2.50. The molecule has 7 heteroatoms. The van der Waals surface area contributed by atoms with Crippen LogP contribution in [0, 0.1) is 0 Å². The second-order valence-corrected chi connectivity index (χ2v) is 5.06. The van der Waals surface area contributed by atoms with E-state index in [0.29, 0.717) is 36.9 Å². The van der Waals surface area contributed by atoms with Crippen molar-refractivity contribution in [3.05, 3.63) is 18.2 Å². The Labute approximate surface area is 122 Å². The minimum Gasteiger partial charge on any atom is -0.491 e. The Morgan fingerprint density at radius 2 is 2.24 bits per heavy atom. The molecule has 1 unspecified atom stereocenters. The number of amides is 1. The lowest BCUT2D eigenvalue weighted by molar-refractivity contribution is -0.124. The molecule has 1 aromatic carbocycles. The molecule has 0 spiro atoms. The highest BCUT2D eigenvalue weighted by Gasteiger charge is 2.19. The van der Waals surface area contributed by atoms with Crippen molar-refractivity contribution >= 4 is 5.91 Å². The van der Waals surface area contributed by atoms with E-state index in [4.69, 9.17) is 14.2 Å². The van der Waals surface area contributed by atoms with Crippen LogP contribution in [0.15, 0.2) is 18.2 Å². The van der Waals surface area contributed by atoms with E-state index in [0.717, 1.165) is 6.54 Å². The average molecular weight is 294 g/mol. The molecule has 2 aliphatic heterocycles. The van der Waals surface area contributed by atoms with E-state index in [2.05, 4.69) is 5.32 Å². The summed E-state index contributed by atoms with van der Waals surface area (Å²) in [5.74, 6) is 1.96. The molecular formula is C14H18N2O5. The van der Waals surface area contributed by atoms with Crippen LogP contribution in [0.3, 0.4) is 0 Å². The number of hydrogen-bond donors (Lipinski definition) is 2. The molecule has 2 N–H and O–H groups in total. The number of aliphatic hydroxyl groups excluding tert-OH is 1. The Hall–Kier alpha value is -1.99. The number of β-amino-alcohol motifs (C(OH)–C–C–N with tert-alkyl or cyclic N) is 1. The molecule has 2 heterocycles. The third-order valence-electron chi connectivity index (χ3n) is 3.37. The van der Waals surface area contributed by atoms with E-state index in [1.807, 2.05) is 4.90 Å². The van der Waals surface area contributed by atoms with E-state index in [9.17, 15) is 9.90 Å². The molecule has 114 valence electrons. The summed E-state index contributed by atoms with van der Waals surface area (Å²) in [7, 11) is 0. The Kier molecular flexibility index (Phi) is 4.12. The van der Waals surface area contributed by atoms with Gasteiger partial charge in [0.25, 0.3) is 0 Å². The summed E-state index contributed by atoms with van der Waals surface area (Å²) in [6.45, 7) is 2.48. The SMILES string of the molecule is O=C1CN(CC(O)COc2ccc3c(c2)OCO3)CCN1. The van der Waals surface area contributed by atoms with Gasteiger partial charge in [-0.15, -0.1) is 0 Å². The van der Waals surface area contributed by atoms with Gasteiger partial charge in [0, 0.05) is 25.7 Å². The van der Waals surface area contributed by atoms with Crippen LogP contribution in [-0.2, 0) is 4.79 Å². The van der Waals surface area contributed by atoms with Gasteiger partial charge in [-0.05, 0) is 12.1 Å². The number of nitrogens with one attached hydrogen (secondary N) is 1. The molecule has 0 radical (unpaired) electrons. The summed E-state index contributed by atoms with van der Waals surface area (Å²) in [6.07, 6.45) is -0.652. The number of aliphatic hydroxyl groups is 1. The zero-order valence-electron chi connectivity index (χ0n) is 11.6. The van der Waals surface area contributed by atoms with Crippen molar-refractivity contribution in [2.24, 2.45) is 0 Å². The third-order valence-corrected chi connectivity index (χ3v) is 3.37. The number of fused-ring (bicyclic) bond motifs is 1. The molecular weight excluding hydrogens is 276 g/mol. The van der Waals surface area contributed by atoms with Gasteiger partial charge in [-0.3, -0.25) is 9.69 Å². The van der Waals surface area contributed by atoms with Gasteiger partial charge >= 0.3 is 0 Å². The van der Waals surface area contributed by atoms with E-state index in [-0.39, 0.29) is 19.3 Å². The van der Waals surface area contributed by atoms with E-state index < -0.39 is 6.10 Å². The molecule has 0 aliphatic carbocycles. The number of benzene rings is 1. The maximum Gasteiger partial charge on any atom is 0.234 e. The topological polar surface area (TPSA) is 80.3 Å². The molecule has 2 aliphatic rings. The molecule has 0 saturated carbocycles. The fraction of sp³-hybridized carbons (Fsp3) is 0.500. The van der Waals surface area contributed by atoms with Gasteiger partial charge < -0.3 is 24.6 Å². The number of ether oxygens (including phenoxy) is 3. The van der Waals surface area contributed by atoms with Crippen molar-refractivity contribution in [1.29, 1.82) is 0 Å². The highest BCUT2D eigenvalue weighted by atomic mass is 16.7. The number of rotatable bonds is 5. The van der Waals surface area contributed by atoms with Gasteiger partial charge in [-0.2, -0.15) is 0 Å². The largest absolute Gasteiger partial charge is 0.491 e. The van der Waals surface area contributed by atoms with Gasteiger partial charge in [-0.1, -0.05) is 0 Å². The van der Waals surface area contributed by atoms with Crippen LogP contribution >= 0.6 is 0 Å². The van der Waals surface area contributed by atoms with Gasteiger partial charge in [0.1, 0.15) is 18.5 Å². The van der Waals surface area contributed by atoms with E-state index in [1.54, 1.807) is 18.2 Å². The molecule has 0 aromatic heterocycles. The predicted octanol–water partition coefficient (Wildman–Crippen LogP) is -0.413. The molecule has 1 amide bonds. The molecule has 1 fully saturated rings. The minimum absolute atomic E-state index is 0.00913. The van der Waals surface area contributed by atoms with Gasteiger partial charge in [0.2, 0.25) is 12.7 Å². The van der Waals surface area contributed by atoms with Gasteiger partial charge in [0.15, 0.2) is 11.5 Å². The van der Waals surface area contributed by atoms with Crippen LogP contribution in [0.2, 0.25) is 0 Å². The first-order valence-corrected chi connectivity index (χ1v) is 6.90. The summed E-state index contributed by atoms with van der Waals surface area (Å²) < 4.78 is 16.0. The summed E-state index contributed by atoms with van der Waals surface area (Å²) in [6, 6.07) is 5.29. The van der Waals surface area contributed by atoms with E-state index in [1.165, 1.54) is 0 Å². The van der Waals surface area contributed by atoms with Gasteiger partial charge in [-0.25, -0.2) is 0 Å². The Bertz CT molecular complexity index is 522. The number of hydrogen-bond acceptors (Lipinski definition) is 6. The van der Waals surface area contributed by atoms with Crippen LogP contribution in [0.25, 0.3) is 0 Å². The second-order valence-electron chi connectivity index (χ2n) is 5.06. The van der Waals surface area contributed by atoms with Crippen LogP contribution in [0.4, 0.5) is 0 Å². The Morgan fingerprint density at radius 1 is 1.38 bits per heavy atom. The lowest BCUT2D eigenvalue weighted by atomic mass is 10.3. The Balaban J connectivity index is 1.47. The van der Waals surface area contributed by atoms with Crippen molar-refractivity contribution in [2.45, 2.75) is 6.10 Å². The maximum absolute atomic E-state index is 11.3. The monoisotopic (exact) mass is 294 g/mol. The molecule has 3 rings (SSSR count). The first-order valence-electron chi connectivity index (χ1n) is 6.90. The molecule has 1 atom stereocenters. The maximum atomic E-state index is 11.3. The summed E-state index contributed by atoms with van der Waals surface area (Å²) in [5, 5.41) is 12.7. The second kappa shape index (κ2) is 6.19. The Morgan fingerprint density at radius 3 is 3.10 bits per heavy atom. The summed E-state index contributed by atoms with van der Waals surface area (Å²) in [5.41, 5.74) is 0. The first kappa shape index (κ1) is 14.0. The summed E-state index contributed by atoms with van der Waals surface area (Å²) >= 11 is 0. The highest BCUT2D eigenvalue weighted by Crippen LogP contribution is 2.35. The highest BCUT2D eigenvalue weighted by molar-refractivity contribution is 5.78. The predicted molar refractivity (Wildman–Crippen MR) is 73.5 cm³/mol. The first-order chi connectivity index (χ1) is 10.2. The molecule has 0 bridgehead atoms. The van der Waals surface area contributed by atoms with Crippen LogP contribution in [0.5, 0.6) is 17.2 Å². The number of nitrogens with zero attached hydrogens (tertiary/aromatic N) is 1. The van der Waals surface area contributed by atoms with Crippen molar-refractivity contribution in [3.8, 4) is 17.2 Å². The lowest BCUT2D eigenvalue weighted by Gasteiger charge is -2.28. The fourth-order valence-electron chi connectivity index (χ4n) is 2.36. The zero-order chi connectivity index (χ0) is 14.7.